The van der Waals surface area contributed by atoms with E-state index in [9.17, 15) is 22.4 Å². The molecular weight excluding hydrogens is 276 g/mol. The minimum atomic E-state index is -4.71. The van der Waals surface area contributed by atoms with Crippen molar-refractivity contribution in [3.63, 3.8) is 0 Å². The number of carbonyl (C=O) groups is 1. The van der Waals surface area contributed by atoms with Crippen LogP contribution in [-0.2, 0) is 17.5 Å². The van der Waals surface area contributed by atoms with Gasteiger partial charge in [0, 0.05) is 27.8 Å². The van der Waals surface area contributed by atoms with E-state index in [1.807, 2.05) is 0 Å². The van der Waals surface area contributed by atoms with Gasteiger partial charge in [-0.3, -0.25) is 9.80 Å². The second-order valence-electron chi connectivity index (χ2n) is 4.60. The monoisotopic (exact) mass is 292 g/mol. The number of nitrogens with zero attached hydrogens (tertiary/aromatic N) is 1. The van der Waals surface area contributed by atoms with Crippen molar-refractivity contribution in [1.29, 1.82) is 0 Å². The van der Waals surface area contributed by atoms with Crippen LogP contribution in [0.3, 0.4) is 0 Å². The molecule has 7 heteroatoms. The van der Waals surface area contributed by atoms with Crippen LogP contribution in [-0.4, -0.2) is 18.0 Å². The third kappa shape index (κ3) is 3.47. The third-order valence-electron chi connectivity index (χ3n) is 2.91. The van der Waals surface area contributed by atoms with Crippen LogP contribution in [0.1, 0.15) is 26.7 Å². The second kappa shape index (κ2) is 5.40. The first-order chi connectivity index (χ1) is 10.0. The Morgan fingerprint density at radius 1 is 1.50 bits per heavy atom. The molecule has 0 aliphatic heterocycles. The molecule has 0 spiro atoms. The zero-order chi connectivity index (χ0) is 16.7. The van der Waals surface area contributed by atoms with Crippen LogP contribution >= 0.6 is 0 Å². The average Bonchev–Trinajstić information content (AvgIpc) is 3.19. The van der Waals surface area contributed by atoms with E-state index in [1.54, 1.807) is 0 Å². The molecule has 1 aliphatic rings. The lowest BCUT2D eigenvalue weighted by atomic mass is 10.1. The summed E-state index contributed by atoms with van der Waals surface area (Å²) < 4.78 is 66.8. The summed E-state index contributed by atoms with van der Waals surface area (Å²) in [7, 11) is 1.29. The number of alkyl halides is 3. The Morgan fingerprint density at radius 3 is 2.65 bits per heavy atom. The summed E-state index contributed by atoms with van der Waals surface area (Å²) >= 11 is 0. The van der Waals surface area contributed by atoms with Crippen LogP contribution < -0.4 is 5.43 Å². The smallest absolute Gasteiger partial charge is 0.281 e. The molecule has 1 amide bonds. The lowest BCUT2D eigenvalue weighted by Crippen LogP contribution is -2.40. The highest BCUT2D eigenvalue weighted by Crippen LogP contribution is 2.31. The molecule has 110 valence electrons. The topological polar surface area (TPSA) is 32.3 Å². The number of hydrogen-bond donors (Lipinski definition) is 1. The summed E-state index contributed by atoms with van der Waals surface area (Å²) in [5.41, 5.74) is 0.386. The van der Waals surface area contributed by atoms with Gasteiger partial charge >= 0.3 is 6.18 Å². The second-order valence-corrected chi connectivity index (χ2v) is 4.60. The number of benzene rings is 1. The maximum absolute atomic E-state index is 13.8. The van der Waals surface area contributed by atoms with Crippen LogP contribution in [0.15, 0.2) is 18.2 Å². The quantitative estimate of drug-likeness (QED) is 0.683. The molecule has 0 heterocycles. The van der Waals surface area contributed by atoms with Crippen LogP contribution in [0.4, 0.5) is 17.6 Å². The zero-order valence-corrected chi connectivity index (χ0v) is 10.6. The Hall–Kier alpha value is -1.63. The van der Waals surface area contributed by atoms with Crippen molar-refractivity contribution in [2.75, 3.05) is 7.05 Å². The number of carbonyl (C=O) groups excluding carboxylic acids is 1. The molecule has 1 aliphatic carbocycles. The molecule has 3 nitrogen and oxygen atoms in total. The highest BCUT2D eigenvalue weighted by molar-refractivity contribution is 5.80. The maximum Gasteiger partial charge on any atom is 0.416 e. The lowest BCUT2D eigenvalue weighted by Gasteiger charge is -2.18. The number of nitrogens with one attached hydrogen (secondary N) is 1. The Balaban J connectivity index is 2.19. The Morgan fingerprint density at radius 2 is 2.15 bits per heavy atom. The predicted octanol–water partition coefficient (Wildman–Crippen LogP) is 2.72. The van der Waals surface area contributed by atoms with E-state index in [0.29, 0.717) is 18.9 Å². The molecule has 0 unspecified atom stereocenters. The van der Waals surface area contributed by atoms with Gasteiger partial charge in [0.2, 0.25) is 5.91 Å². The number of hydrazine groups is 1. The summed E-state index contributed by atoms with van der Waals surface area (Å²) in [4.78, 5) is 11.7. The van der Waals surface area contributed by atoms with E-state index in [2.05, 4.69) is 5.43 Å². The van der Waals surface area contributed by atoms with Gasteiger partial charge in [-0.05, 0) is 25.0 Å². The molecule has 20 heavy (non-hydrogen) atoms. The van der Waals surface area contributed by atoms with Gasteiger partial charge in [0.05, 0.1) is 5.56 Å². The summed E-state index contributed by atoms with van der Waals surface area (Å²) in [6, 6.07) is 1.55. The lowest BCUT2D eigenvalue weighted by molar-refractivity contribution is -0.137. The SMILES string of the molecule is [2H]C([2H])(NN(C)C(=O)C1CC1)c1ccc(C(F)(F)F)cc1F. The highest BCUT2D eigenvalue weighted by Gasteiger charge is 2.32. The molecule has 0 saturated heterocycles. The van der Waals surface area contributed by atoms with Gasteiger partial charge < -0.3 is 0 Å². The van der Waals surface area contributed by atoms with E-state index in [0.717, 1.165) is 11.1 Å². The fraction of sp³-hybridized carbons (Fsp3) is 0.462. The van der Waals surface area contributed by atoms with Gasteiger partial charge in [-0.25, -0.2) is 9.82 Å². The Kier molecular flexibility index (Phi) is 3.27. The molecule has 0 bridgehead atoms. The first-order valence-corrected chi connectivity index (χ1v) is 5.95. The van der Waals surface area contributed by atoms with Gasteiger partial charge in [0.1, 0.15) is 5.82 Å². The molecule has 0 aromatic heterocycles. The normalized spacial score (nSPS) is 17.4. The minimum Gasteiger partial charge on any atom is -0.281 e. The van der Waals surface area contributed by atoms with Crippen LogP contribution in [0.25, 0.3) is 0 Å². The molecule has 1 aromatic rings. The summed E-state index contributed by atoms with van der Waals surface area (Å²) in [5.74, 6) is -1.85. The molecule has 1 aromatic carbocycles. The van der Waals surface area contributed by atoms with E-state index in [4.69, 9.17) is 2.74 Å². The minimum absolute atomic E-state index is 0.175. The van der Waals surface area contributed by atoms with Crippen molar-refractivity contribution in [3.05, 3.63) is 35.1 Å². The molecule has 1 saturated carbocycles. The van der Waals surface area contributed by atoms with Gasteiger partial charge in [0.25, 0.3) is 0 Å². The highest BCUT2D eigenvalue weighted by atomic mass is 19.4. The van der Waals surface area contributed by atoms with Gasteiger partial charge in [0.15, 0.2) is 0 Å². The maximum atomic E-state index is 13.8. The fourth-order valence-corrected chi connectivity index (χ4v) is 1.60. The largest absolute Gasteiger partial charge is 0.416 e. The van der Waals surface area contributed by atoms with Gasteiger partial charge in [-0.2, -0.15) is 13.2 Å². The van der Waals surface area contributed by atoms with E-state index < -0.39 is 29.6 Å². The first-order valence-electron chi connectivity index (χ1n) is 6.95. The third-order valence-corrected chi connectivity index (χ3v) is 2.91. The zero-order valence-electron chi connectivity index (χ0n) is 12.6. The van der Waals surface area contributed by atoms with Crippen molar-refractivity contribution in [1.82, 2.24) is 10.4 Å². The van der Waals surface area contributed by atoms with Gasteiger partial charge in [-0.15, -0.1) is 0 Å². The molecule has 0 atom stereocenters. The fourth-order valence-electron chi connectivity index (χ4n) is 1.60. The number of halogens is 4. The molecular formula is C13H14F4N2O. The summed E-state index contributed by atoms with van der Waals surface area (Å²) in [6.07, 6.45) is -3.29. The first kappa shape index (κ1) is 12.1. The predicted molar refractivity (Wildman–Crippen MR) is 63.7 cm³/mol. The van der Waals surface area contributed by atoms with E-state index >= 15 is 0 Å². The van der Waals surface area contributed by atoms with Crippen LogP contribution in [0.5, 0.6) is 0 Å². The van der Waals surface area contributed by atoms with E-state index in [1.165, 1.54) is 7.05 Å². The molecule has 1 fully saturated rings. The van der Waals surface area contributed by atoms with Gasteiger partial charge in [-0.1, -0.05) is 6.07 Å². The van der Waals surface area contributed by atoms with Crippen molar-refractivity contribution in [3.8, 4) is 0 Å². The molecule has 2 rings (SSSR count). The van der Waals surface area contributed by atoms with Crippen molar-refractivity contribution in [2.45, 2.75) is 25.5 Å². The average molecular weight is 292 g/mol. The van der Waals surface area contributed by atoms with Crippen LogP contribution in [0.2, 0.25) is 0 Å². The Labute approximate surface area is 116 Å². The standard InChI is InChI=1S/C13H14F4N2O/c1-19(12(20)8-2-3-8)18-7-9-4-5-10(6-11(9)14)13(15,16)17/h4-6,8,18H,2-3,7H2,1H3/i7D2. The van der Waals surface area contributed by atoms with Crippen molar-refractivity contribution >= 4 is 5.91 Å². The summed E-state index contributed by atoms with van der Waals surface area (Å²) in [6.45, 7) is -2.52. The number of amides is 1. The van der Waals surface area contributed by atoms with Crippen molar-refractivity contribution in [2.24, 2.45) is 5.92 Å². The molecule has 1 N–H and O–H groups in total. The van der Waals surface area contributed by atoms with E-state index in [-0.39, 0.29) is 17.9 Å². The Bertz CT molecular complexity index is 588. The molecule has 0 radical (unpaired) electrons. The van der Waals surface area contributed by atoms with Crippen molar-refractivity contribution < 1.29 is 25.1 Å². The number of rotatable bonds is 4. The summed E-state index contributed by atoms with van der Waals surface area (Å²) in [5, 5.41) is 0.911. The van der Waals surface area contributed by atoms with Crippen LogP contribution in [0, 0.1) is 11.7 Å². The number of hydrogen-bond acceptors (Lipinski definition) is 2.